The van der Waals surface area contributed by atoms with Crippen molar-refractivity contribution in [2.24, 2.45) is 0 Å². The maximum atomic E-state index is 11.6. The van der Waals surface area contributed by atoms with Crippen molar-refractivity contribution in [3.63, 3.8) is 0 Å². The number of carbonyl (C=O) groups is 1. The van der Waals surface area contributed by atoms with E-state index in [4.69, 9.17) is 9.57 Å². The molecule has 0 spiro atoms. The fourth-order valence-electron chi connectivity index (χ4n) is 2.22. The Bertz CT molecular complexity index is 317. The van der Waals surface area contributed by atoms with E-state index in [0.717, 1.165) is 0 Å². The molecule has 18 heavy (non-hydrogen) atoms. The van der Waals surface area contributed by atoms with Crippen LogP contribution in [0.15, 0.2) is 0 Å². The van der Waals surface area contributed by atoms with Crippen LogP contribution in [0.3, 0.4) is 0 Å². The molecule has 0 amide bonds. The third-order valence-electron chi connectivity index (χ3n) is 2.68. The molecule has 1 saturated heterocycles. The van der Waals surface area contributed by atoms with Crippen LogP contribution in [0.2, 0.25) is 0 Å². The van der Waals surface area contributed by atoms with E-state index in [9.17, 15) is 9.90 Å². The molecule has 0 aromatic carbocycles. The Hall–Kier alpha value is -0.650. The number of nitrogens with zero attached hydrogens (tertiary/aromatic N) is 1. The van der Waals surface area contributed by atoms with Gasteiger partial charge in [-0.1, -0.05) is 0 Å². The average Bonchev–Trinajstić information content (AvgIpc) is 2.27. The van der Waals surface area contributed by atoms with E-state index in [1.165, 1.54) is 0 Å². The maximum Gasteiger partial charge on any atom is 0.307 e. The Labute approximate surface area is 109 Å². The number of ether oxygens (including phenoxy) is 1. The van der Waals surface area contributed by atoms with Gasteiger partial charge in [-0.3, -0.25) is 9.63 Å². The van der Waals surface area contributed by atoms with Gasteiger partial charge < -0.3 is 9.84 Å². The molecule has 0 radical (unpaired) electrons. The molecule has 0 aliphatic carbocycles. The maximum absolute atomic E-state index is 11.6. The second kappa shape index (κ2) is 4.79. The van der Waals surface area contributed by atoms with Crippen molar-refractivity contribution in [2.45, 2.75) is 71.3 Å². The van der Waals surface area contributed by atoms with Gasteiger partial charge in [0.1, 0.15) is 5.60 Å². The number of esters is 1. The molecule has 5 nitrogen and oxygen atoms in total. The summed E-state index contributed by atoms with van der Waals surface area (Å²) in [7, 11) is 0. The minimum atomic E-state index is -1.16. The summed E-state index contributed by atoms with van der Waals surface area (Å²) in [5.41, 5.74) is -0.754. The van der Waals surface area contributed by atoms with Gasteiger partial charge in [0.2, 0.25) is 0 Å². The number of hydrogen-bond donors (Lipinski definition) is 1. The van der Waals surface area contributed by atoms with Crippen LogP contribution in [-0.2, 0) is 14.4 Å². The van der Waals surface area contributed by atoms with Crippen molar-refractivity contribution in [1.29, 1.82) is 0 Å². The number of hydrogen-bond acceptors (Lipinski definition) is 5. The Kier molecular flexibility index (Phi) is 4.10. The van der Waals surface area contributed by atoms with E-state index in [0.29, 0.717) is 13.0 Å². The van der Waals surface area contributed by atoms with E-state index >= 15 is 0 Å². The first-order valence-electron chi connectivity index (χ1n) is 6.32. The molecule has 1 aliphatic rings. The average molecular weight is 259 g/mol. The van der Waals surface area contributed by atoms with Gasteiger partial charge in [0, 0.05) is 18.5 Å². The van der Waals surface area contributed by atoms with Gasteiger partial charge in [-0.25, -0.2) is 0 Å². The molecule has 1 fully saturated rings. The fourth-order valence-corrected chi connectivity index (χ4v) is 2.22. The van der Waals surface area contributed by atoms with Crippen molar-refractivity contribution < 1.29 is 19.5 Å². The van der Waals surface area contributed by atoms with Gasteiger partial charge in [0.05, 0.1) is 6.42 Å². The number of rotatable bonds is 3. The summed E-state index contributed by atoms with van der Waals surface area (Å²) in [6.45, 7) is 11.5. The van der Waals surface area contributed by atoms with Crippen LogP contribution in [0.5, 0.6) is 0 Å². The molecule has 1 atom stereocenters. The minimum Gasteiger partial charge on any atom is -0.460 e. The summed E-state index contributed by atoms with van der Waals surface area (Å²) in [5.74, 6) is -1.41. The predicted molar refractivity (Wildman–Crippen MR) is 67.6 cm³/mol. The number of aliphatic hydroxyl groups is 1. The van der Waals surface area contributed by atoms with Crippen molar-refractivity contribution in [3.8, 4) is 0 Å². The van der Waals surface area contributed by atoms with Gasteiger partial charge in [0.15, 0.2) is 5.79 Å². The highest BCUT2D eigenvalue weighted by atomic mass is 16.8. The molecule has 0 bridgehead atoms. The fraction of sp³-hybridized carbons (Fsp3) is 0.923. The van der Waals surface area contributed by atoms with Gasteiger partial charge in [0.25, 0.3) is 0 Å². The third-order valence-corrected chi connectivity index (χ3v) is 2.68. The zero-order valence-corrected chi connectivity index (χ0v) is 12.2. The molecule has 106 valence electrons. The van der Waals surface area contributed by atoms with Gasteiger partial charge in [-0.15, -0.1) is 0 Å². The summed E-state index contributed by atoms with van der Waals surface area (Å²) in [4.78, 5) is 17.0. The van der Waals surface area contributed by atoms with Crippen LogP contribution in [0.25, 0.3) is 0 Å². The van der Waals surface area contributed by atoms with Crippen LogP contribution in [0, 0.1) is 0 Å². The Morgan fingerprint density at radius 2 is 1.94 bits per heavy atom. The van der Waals surface area contributed by atoms with Crippen molar-refractivity contribution in [2.75, 3.05) is 6.54 Å². The molecule has 0 aromatic rings. The van der Waals surface area contributed by atoms with Gasteiger partial charge in [-0.05, 0) is 41.5 Å². The van der Waals surface area contributed by atoms with Crippen molar-refractivity contribution in [3.05, 3.63) is 0 Å². The topological polar surface area (TPSA) is 59.0 Å². The van der Waals surface area contributed by atoms with E-state index < -0.39 is 11.4 Å². The first-order valence-corrected chi connectivity index (χ1v) is 6.32. The second-order valence-corrected chi connectivity index (χ2v) is 6.69. The zero-order valence-electron chi connectivity index (χ0n) is 12.2. The van der Waals surface area contributed by atoms with Crippen molar-refractivity contribution in [1.82, 2.24) is 5.06 Å². The summed E-state index contributed by atoms with van der Waals surface area (Å²) in [6, 6.07) is 0. The lowest BCUT2D eigenvalue weighted by atomic mass is 9.97. The second-order valence-electron chi connectivity index (χ2n) is 6.69. The first kappa shape index (κ1) is 15.4. The van der Waals surface area contributed by atoms with Crippen LogP contribution < -0.4 is 0 Å². The summed E-state index contributed by atoms with van der Waals surface area (Å²) < 4.78 is 5.23. The summed E-state index contributed by atoms with van der Waals surface area (Å²) in [5, 5.41) is 11.5. The monoisotopic (exact) mass is 259 g/mol. The Morgan fingerprint density at radius 1 is 1.39 bits per heavy atom. The lowest BCUT2D eigenvalue weighted by molar-refractivity contribution is -0.284. The third kappa shape index (κ3) is 4.55. The summed E-state index contributed by atoms with van der Waals surface area (Å²) in [6.07, 6.45) is 0.755. The lowest BCUT2D eigenvalue weighted by Crippen LogP contribution is -2.39. The largest absolute Gasteiger partial charge is 0.460 e. The SMILES string of the molecule is CC(C)(C)OC(=O)CCN1OC(C)(O)CC1(C)C. The predicted octanol–water partition coefficient (Wildman–Crippen LogP) is 1.84. The number of hydroxylamine groups is 2. The Morgan fingerprint density at radius 3 is 2.33 bits per heavy atom. The van der Waals surface area contributed by atoms with Crippen LogP contribution in [-0.4, -0.2) is 39.6 Å². The van der Waals surface area contributed by atoms with Crippen molar-refractivity contribution >= 4 is 5.97 Å². The highest BCUT2D eigenvalue weighted by Crippen LogP contribution is 2.36. The molecular weight excluding hydrogens is 234 g/mol. The van der Waals surface area contributed by atoms with E-state index in [1.807, 2.05) is 34.6 Å². The lowest BCUT2D eigenvalue weighted by Gasteiger charge is -2.28. The van der Waals surface area contributed by atoms with E-state index in [1.54, 1.807) is 12.0 Å². The van der Waals surface area contributed by atoms with Crippen LogP contribution in [0.4, 0.5) is 0 Å². The summed E-state index contributed by atoms with van der Waals surface area (Å²) >= 11 is 0. The molecule has 1 unspecified atom stereocenters. The molecule has 1 N–H and O–H groups in total. The van der Waals surface area contributed by atoms with E-state index in [2.05, 4.69) is 0 Å². The standard InChI is InChI=1S/C13H25NO4/c1-11(2,3)17-10(15)7-8-14-12(4,5)9-13(6,16)18-14/h16H,7-9H2,1-6H3. The molecule has 1 rings (SSSR count). The van der Waals surface area contributed by atoms with E-state index in [-0.39, 0.29) is 17.9 Å². The molecule has 0 saturated carbocycles. The number of carbonyl (C=O) groups excluding carboxylic acids is 1. The highest BCUT2D eigenvalue weighted by Gasteiger charge is 2.46. The molecular formula is C13H25NO4. The quantitative estimate of drug-likeness (QED) is 0.784. The normalized spacial score (nSPS) is 28.4. The molecule has 1 heterocycles. The molecule has 0 aromatic heterocycles. The smallest absolute Gasteiger partial charge is 0.307 e. The van der Waals surface area contributed by atoms with Crippen LogP contribution >= 0.6 is 0 Å². The first-order chi connectivity index (χ1) is 7.91. The molecule has 5 heteroatoms. The minimum absolute atomic E-state index is 0.247. The zero-order chi connectivity index (χ0) is 14.2. The van der Waals surface area contributed by atoms with Crippen LogP contribution in [0.1, 0.15) is 54.4 Å². The highest BCUT2D eigenvalue weighted by molar-refractivity contribution is 5.70. The Balaban J connectivity index is 2.47. The molecule has 1 aliphatic heterocycles. The van der Waals surface area contributed by atoms with Gasteiger partial charge in [-0.2, -0.15) is 5.06 Å². The van der Waals surface area contributed by atoms with Gasteiger partial charge >= 0.3 is 5.97 Å².